The minimum absolute atomic E-state index is 0.0242. The van der Waals surface area contributed by atoms with Crippen LogP contribution in [0, 0.1) is 5.82 Å². The van der Waals surface area contributed by atoms with Gasteiger partial charge in [0.25, 0.3) is 0 Å². The molecule has 7 nitrogen and oxygen atoms in total. The fourth-order valence-electron chi connectivity index (χ4n) is 3.66. The molecule has 0 radical (unpaired) electrons. The van der Waals surface area contributed by atoms with Crippen molar-refractivity contribution in [2.45, 2.75) is 63.3 Å². The van der Waals surface area contributed by atoms with Crippen molar-refractivity contribution < 1.29 is 18.1 Å². The summed E-state index contributed by atoms with van der Waals surface area (Å²) in [7, 11) is -2.85. The number of amidine groups is 1. The van der Waals surface area contributed by atoms with E-state index in [9.17, 15) is 13.4 Å². The zero-order valence-electron chi connectivity index (χ0n) is 17.2. The smallest absolute Gasteiger partial charge is 0.413 e. The number of carbonyl (C=O) groups excluding carboxylic acids is 1. The van der Waals surface area contributed by atoms with Crippen LogP contribution in [0.4, 0.5) is 9.18 Å². The molecule has 0 aliphatic carbocycles. The van der Waals surface area contributed by atoms with Crippen molar-refractivity contribution in [3.05, 3.63) is 28.2 Å². The number of halogens is 2. The molecule has 0 aromatic carbocycles. The number of nitrogens with one attached hydrogen (secondary N) is 1. The van der Waals surface area contributed by atoms with Gasteiger partial charge in [-0.15, -0.1) is 0 Å². The lowest BCUT2D eigenvalue weighted by Gasteiger charge is -2.44. The van der Waals surface area contributed by atoms with E-state index in [2.05, 4.69) is 30.6 Å². The SMILES string of the molecule is CC(C)(C)OC(=O)NC1=N[C@](C)(c2nc(Br)ccc2F)C[S@@]2(=O)=NCCC[C@]12C. The van der Waals surface area contributed by atoms with E-state index in [0.29, 0.717) is 17.6 Å². The Balaban J connectivity index is 2.15. The molecule has 2 aliphatic rings. The molecular formula is C19H26BrFN4O3S. The Morgan fingerprint density at radius 3 is 2.69 bits per heavy atom. The predicted octanol–water partition coefficient (Wildman–Crippen LogP) is 4.16. The van der Waals surface area contributed by atoms with E-state index in [-0.39, 0.29) is 17.3 Å². The molecule has 0 unspecified atom stereocenters. The first-order valence-electron chi connectivity index (χ1n) is 9.41. The second kappa shape index (κ2) is 7.30. The van der Waals surface area contributed by atoms with Crippen molar-refractivity contribution in [3.63, 3.8) is 0 Å². The normalized spacial score (nSPS) is 31.9. The minimum Gasteiger partial charge on any atom is -0.444 e. The summed E-state index contributed by atoms with van der Waals surface area (Å²) in [6, 6.07) is 2.77. The van der Waals surface area contributed by atoms with E-state index in [1.54, 1.807) is 34.6 Å². The first kappa shape index (κ1) is 22.1. The van der Waals surface area contributed by atoms with Gasteiger partial charge in [-0.05, 0) is 75.5 Å². The Morgan fingerprint density at radius 1 is 1.34 bits per heavy atom. The largest absolute Gasteiger partial charge is 0.444 e. The zero-order valence-corrected chi connectivity index (χ0v) is 19.6. The Bertz CT molecular complexity index is 1000. The van der Waals surface area contributed by atoms with E-state index in [1.165, 1.54) is 12.1 Å². The van der Waals surface area contributed by atoms with Crippen LogP contribution in [0.2, 0.25) is 0 Å². The number of nitrogens with zero attached hydrogens (tertiary/aromatic N) is 3. The van der Waals surface area contributed by atoms with Crippen molar-refractivity contribution in [2.24, 2.45) is 9.36 Å². The van der Waals surface area contributed by atoms with Crippen LogP contribution in [0.3, 0.4) is 0 Å². The van der Waals surface area contributed by atoms with E-state index in [1.807, 2.05) is 0 Å². The van der Waals surface area contributed by atoms with Gasteiger partial charge >= 0.3 is 6.09 Å². The van der Waals surface area contributed by atoms with E-state index in [4.69, 9.17) is 9.73 Å². The summed E-state index contributed by atoms with van der Waals surface area (Å²) in [5.41, 5.74) is -1.91. The Kier molecular flexibility index (Phi) is 5.57. The fraction of sp³-hybridized carbons (Fsp3) is 0.632. The molecule has 1 N–H and O–H groups in total. The number of ether oxygens (including phenoxy) is 1. The van der Waals surface area contributed by atoms with Gasteiger partial charge in [-0.1, -0.05) is 0 Å². The number of hydrogen-bond acceptors (Lipinski definition) is 6. The summed E-state index contributed by atoms with van der Waals surface area (Å²) in [6.45, 7) is 9.16. The highest BCUT2D eigenvalue weighted by Gasteiger charge is 2.53. The topological polar surface area (TPSA) is 93.0 Å². The molecule has 1 aromatic heterocycles. The number of aromatic nitrogens is 1. The Labute approximate surface area is 179 Å². The monoisotopic (exact) mass is 488 g/mol. The predicted molar refractivity (Wildman–Crippen MR) is 114 cm³/mol. The van der Waals surface area contributed by atoms with E-state index >= 15 is 0 Å². The standard InChI is InChI=1S/C19H26BrFN4O3S/c1-17(2,3)28-16(26)24-15-19(5)9-6-10-22-29(19,27)11-18(4,25-15)14-12(21)7-8-13(20)23-14/h7-8H,6,9-11H2,1-5H3,(H,24,25,26)/t18-,19+,29-/m0/s1. The second-order valence-corrected chi connectivity index (χ2v) is 12.3. The minimum atomic E-state index is -2.85. The molecule has 2 aliphatic heterocycles. The summed E-state index contributed by atoms with van der Waals surface area (Å²) in [4.78, 5) is 21.4. The highest BCUT2D eigenvalue weighted by molar-refractivity contribution is 9.10. The van der Waals surface area contributed by atoms with Crippen LogP contribution >= 0.6 is 15.9 Å². The van der Waals surface area contributed by atoms with Crippen LogP contribution in [0.15, 0.2) is 26.1 Å². The molecule has 0 fully saturated rings. The zero-order chi connectivity index (χ0) is 21.7. The third kappa shape index (κ3) is 4.19. The number of fused-ring (bicyclic) bond motifs is 1. The molecule has 3 rings (SSSR count). The van der Waals surface area contributed by atoms with Gasteiger partial charge in [0.05, 0.1) is 15.5 Å². The van der Waals surface area contributed by atoms with Crippen molar-refractivity contribution in [1.29, 1.82) is 0 Å². The van der Waals surface area contributed by atoms with Gasteiger partial charge in [0.2, 0.25) is 0 Å². The van der Waals surface area contributed by atoms with Gasteiger partial charge in [-0.25, -0.2) is 22.7 Å². The lowest BCUT2D eigenvalue weighted by atomic mass is 9.96. The highest BCUT2D eigenvalue weighted by atomic mass is 79.9. The Morgan fingerprint density at radius 2 is 2.03 bits per heavy atom. The molecule has 10 heteroatoms. The number of alkyl carbamates (subject to hydrolysis) is 1. The molecule has 160 valence electrons. The van der Waals surface area contributed by atoms with Crippen LogP contribution < -0.4 is 5.32 Å². The van der Waals surface area contributed by atoms with Crippen LogP contribution in [0.1, 0.15) is 53.2 Å². The number of aliphatic imine (C=N–C) groups is 1. The van der Waals surface area contributed by atoms with Gasteiger partial charge < -0.3 is 4.74 Å². The molecule has 3 heterocycles. The molecule has 0 spiro atoms. The first-order chi connectivity index (χ1) is 13.3. The third-order valence-electron chi connectivity index (χ3n) is 5.09. The Hall–Kier alpha value is -1.55. The molecular weight excluding hydrogens is 463 g/mol. The van der Waals surface area contributed by atoms with Gasteiger partial charge in [-0.3, -0.25) is 10.3 Å². The number of carbonyl (C=O) groups is 1. The van der Waals surface area contributed by atoms with Crippen molar-refractivity contribution in [1.82, 2.24) is 10.3 Å². The molecule has 1 amide bonds. The molecule has 0 bridgehead atoms. The van der Waals surface area contributed by atoms with Crippen LogP contribution in [-0.2, 0) is 20.0 Å². The number of hydrogen-bond donors (Lipinski definition) is 1. The van der Waals surface area contributed by atoms with Crippen LogP contribution in [0.25, 0.3) is 0 Å². The highest BCUT2D eigenvalue weighted by Crippen LogP contribution is 2.42. The van der Waals surface area contributed by atoms with Crippen molar-refractivity contribution in [2.75, 3.05) is 12.3 Å². The quantitative estimate of drug-likeness (QED) is 0.600. The van der Waals surface area contributed by atoms with Gasteiger partial charge in [0.15, 0.2) is 0 Å². The average molecular weight is 489 g/mol. The summed E-state index contributed by atoms with van der Waals surface area (Å²) in [5.74, 6) is -0.329. The van der Waals surface area contributed by atoms with Gasteiger partial charge in [0.1, 0.15) is 37.8 Å². The maximum atomic E-state index is 14.7. The molecule has 29 heavy (non-hydrogen) atoms. The molecule has 0 saturated heterocycles. The van der Waals surface area contributed by atoms with Crippen molar-refractivity contribution in [3.8, 4) is 0 Å². The van der Waals surface area contributed by atoms with Crippen molar-refractivity contribution >= 4 is 37.6 Å². The van der Waals surface area contributed by atoms with Crippen LogP contribution in [-0.4, -0.2) is 43.8 Å². The lowest BCUT2D eigenvalue weighted by Crippen LogP contribution is -2.60. The first-order valence-corrected chi connectivity index (χ1v) is 11.9. The van der Waals surface area contributed by atoms with Gasteiger partial charge in [-0.2, -0.15) is 0 Å². The maximum absolute atomic E-state index is 14.7. The summed E-state index contributed by atoms with van der Waals surface area (Å²) in [5, 5.41) is 2.69. The fourth-order valence-corrected chi connectivity index (χ4v) is 6.91. The van der Waals surface area contributed by atoms with Crippen LogP contribution in [0.5, 0.6) is 0 Å². The number of amides is 1. The number of pyridine rings is 1. The average Bonchev–Trinajstić information content (AvgIpc) is 2.56. The summed E-state index contributed by atoms with van der Waals surface area (Å²) >= 11 is 3.26. The second-order valence-electron chi connectivity index (χ2n) is 8.80. The molecule has 1 aromatic rings. The van der Waals surface area contributed by atoms with Gasteiger partial charge in [0, 0.05) is 6.54 Å². The summed E-state index contributed by atoms with van der Waals surface area (Å²) < 4.78 is 37.9. The third-order valence-corrected chi connectivity index (χ3v) is 8.89. The van der Waals surface area contributed by atoms with E-state index < -0.39 is 37.5 Å². The maximum Gasteiger partial charge on any atom is 0.413 e. The molecule has 3 atom stereocenters. The lowest BCUT2D eigenvalue weighted by molar-refractivity contribution is 0.0560. The number of rotatable bonds is 1. The molecule has 0 saturated carbocycles. The summed E-state index contributed by atoms with van der Waals surface area (Å²) in [6.07, 6.45) is 0.577. The van der Waals surface area contributed by atoms with E-state index in [0.717, 1.165) is 6.42 Å².